The van der Waals surface area contributed by atoms with Gasteiger partial charge in [0.05, 0.1) is 0 Å². The number of para-hydroxylation sites is 1. The Morgan fingerprint density at radius 3 is 3.06 bits per heavy atom. The highest BCUT2D eigenvalue weighted by molar-refractivity contribution is 7.99. The van der Waals surface area contributed by atoms with Crippen LogP contribution in [0.5, 0.6) is 0 Å². The van der Waals surface area contributed by atoms with Gasteiger partial charge in [-0.1, -0.05) is 25.1 Å². The van der Waals surface area contributed by atoms with Crippen molar-refractivity contribution in [3.8, 4) is 0 Å². The highest BCUT2D eigenvalue weighted by Crippen LogP contribution is 2.36. The van der Waals surface area contributed by atoms with Crippen molar-refractivity contribution in [2.45, 2.75) is 24.8 Å². The lowest BCUT2D eigenvalue weighted by Crippen LogP contribution is -2.24. The number of hydrogen-bond donors (Lipinski definition) is 1. The summed E-state index contributed by atoms with van der Waals surface area (Å²) < 4.78 is 5.86. The topological polar surface area (TPSA) is 25.2 Å². The maximum absolute atomic E-state index is 5.86. The zero-order chi connectivity index (χ0) is 11.0. The van der Waals surface area contributed by atoms with Crippen LogP contribution in [0.3, 0.4) is 0 Å². The summed E-state index contributed by atoms with van der Waals surface area (Å²) >= 11 is 1.94. The zero-order valence-electron chi connectivity index (χ0n) is 9.27. The molecule has 84 valence electrons. The van der Waals surface area contributed by atoms with Gasteiger partial charge in [0, 0.05) is 17.2 Å². The predicted molar refractivity (Wildman–Crippen MR) is 68.6 cm³/mol. The molecular formula is C13H15NOS. The van der Waals surface area contributed by atoms with E-state index in [1.807, 2.05) is 30.0 Å². The maximum atomic E-state index is 5.86. The highest BCUT2D eigenvalue weighted by Gasteiger charge is 2.26. The largest absolute Gasteiger partial charge is 0.458 e. The number of nitrogens with one attached hydrogen (secondary N) is 1. The Hall–Kier alpha value is -0.930. The van der Waals surface area contributed by atoms with Crippen molar-refractivity contribution < 1.29 is 4.42 Å². The Bertz CT molecular complexity index is 460. The van der Waals surface area contributed by atoms with Crippen LogP contribution in [0.4, 0.5) is 0 Å². The summed E-state index contributed by atoms with van der Waals surface area (Å²) in [4.78, 5) is 0. The SMILES string of the molecule is CCC1CSC(c2cc3ccccc3o2)N1. The summed E-state index contributed by atoms with van der Waals surface area (Å²) in [7, 11) is 0. The van der Waals surface area contributed by atoms with Crippen LogP contribution in [-0.4, -0.2) is 11.8 Å². The molecule has 1 saturated heterocycles. The van der Waals surface area contributed by atoms with Gasteiger partial charge in [-0.3, -0.25) is 5.32 Å². The molecule has 1 N–H and O–H groups in total. The van der Waals surface area contributed by atoms with Crippen molar-refractivity contribution in [1.82, 2.24) is 5.32 Å². The molecule has 0 aliphatic carbocycles. The third kappa shape index (κ3) is 1.74. The smallest absolute Gasteiger partial charge is 0.134 e. The Labute approximate surface area is 99.4 Å². The third-order valence-electron chi connectivity index (χ3n) is 3.05. The third-order valence-corrected chi connectivity index (χ3v) is 4.34. The first-order valence-electron chi connectivity index (χ1n) is 5.73. The van der Waals surface area contributed by atoms with Gasteiger partial charge in [-0.15, -0.1) is 11.8 Å². The lowest BCUT2D eigenvalue weighted by molar-refractivity contribution is 0.482. The first kappa shape index (κ1) is 10.2. The minimum atomic E-state index is 0.331. The predicted octanol–water partition coefficient (Wildman–Crippen LogP) is 3.55. The van der Waals surface area contributed by atoms with Gasteiger partial charge in [-0.25, -0.2) is 0 Å². The van der Waals surface area contributed by atoms with E-state index in [1.165, 1.54) is 17.6 Å². The molecule has 1 aliphatic rings. The molecule has 0 saturated carbocycles. The van der Waals surface area contributed by atoms with E-state index in [0.29, 0.717) is 11.4 Å². The molecule has 16 heavy (non-hydrogen) atoms. The standard InChI is InChI=1S/C13H15NOS/c1-2-10-8-16-13(14-10)12-7-9-5-3-4-6-11(9)15-12/h3-7,10,13-14H,2,8H2,1H3. The molecule has 0 bridgehead atoms. The fourth-order valence-electron chi connectivity index (χ4n) is 2.05. The molecular weight excluding hydrogens is 218 g/mol. The zero-order valence-corrected chi connectivity index (χ0v) is 10.1. The first-order chi connectivity index (χ1) is 7.86. The highest BCUT2D eigenvalue weighted by atomic mass is 32.2. The lowest BCUT2D eigenvalue weighted by Gasteiger charge is -2.08. The van der Waals surface area contributed by atoms with Crippen molar-refractivity contribution in [1.29, 1.82) is 0 Å². The average Bonchev–Trinajstić information content (AvgIpc) is 2.95. The van der Waals surface area contributed by atoms with Gasteiger partial charge in [-0.2, -0.15) is 0 Å². The summed E-state index contributed by atoms with van der Waals surface area (Å²) in [5.74, 6) is 2.24. The van der Waals surface area contributed by atoms with Crippen LogP contribution in [0.25, 0.3) is 11.0 Å². The van der Waals surface area contributed by atoms with Crippen molar-refractivity contribution >= 4 is 22.7 Å². The lowest BCUT2D eigenvalue weighted by atomic mass is 10.2. The van der Waals surface area contributed by atoms with E-state index in [4.69, 9.17) is 4.42 Å². The fourth-order valence-corrected chi connectivity index (χ4v) is 3.38. The van der Waals surface area contributed by atoms with E-state index in [1.54, 1.807) is 0 Å². The molecule has 0 spiro atoms. The second kappa shape index (κ2) is 4.15. The molecule has 1 aliphatic heterocycles. The number of furan rings is 1. The molecule has 1 aromatic heterocycles. The van der Waals surface area contributed by atoms with Gasteiger partial charge >= 0.3 is 0 Å². The molecule has 0 radical (unpaired) electrons. The number of rotatable bonds is 2. The Kier molecular flexibility index (Phi) is 2.65. The quantitative estimate of drug-likeness (QED) is 0.858. The van der Waals surface area contributed by atoms with Crippen molar-refractivity contribution in [3.05, 3.63) is 36.1 Å². The summed E-state index contributed by atoms with van der Waals surface area (Å²) in [6.45, 7) is 2.22. The minimum Gasteiger partial charge on any atom is -0.458 e. The summed E-state index contributed by atoms with van der Waals surface area (Å²) in [5, 5.41) is 5.11. The maximum Gasteiger partial charge on any atom is 0.134 e. The summed E-state index contributed by atoms with van der Waals surface area (Å²) in [6, 6.07) is 11.0. The molecule has 2 unspecified atom stereocenters. The van der Waals surface area contributed by atoms with Crippen LogP contribution in [0.15, 0.2) is 34.7 Å². The van der Waals surface area contributed by atoms with E-state index in [0.717, 1.165) is 11.3 Å². The van der Waals surface area contributed by atoms with Gasteiger partial charge in [0.2, 0.25) is 0 Å². The molecule has 2 nitrogen and oxygen atoms in total. The monoisotopic (exact) mass is 233 g/mol. The molecule has 1 aromatic carbocycles. The minimum absolute atomic E-state index is 0.331. The Balaban J connectivity index is 1.89. The average molecular weight is 233 g/mol. The van der Waals surface area contributed by atoms with Gasteiger partial charge < -0.3 is 4.42 Å². The fraction of sp³-hybridized carbons (Fsp3) is 0.385. The van der Waals surface area contributed by atoms with Crippen LogP contribution in [0.2, 0.25) is 0 Å². The number of fused-ring (bicyclic) bond motifs is 1. The number of benzene rings is 1. The molecule has 2 atom stereocenters. The second-order valence-corrected chi connectivity index (χ2v) is 5.31. The normalized spacial score (nSPS) is 25.3. The molecule has 2 aromatic rings. The molecule has 3 rings (SSSR count). The molecule has 0 amide bonds. The first-order valence-corrected chi connectivity index (χ1v) is 6.78. The second-order valence-electron chi connectivity index (χ2n) is 4.17. The van der Waals surface area contributed by atoms with Gasteiger partial charge in [0.1, 0.15) is 16.7 Å². The van der Waals surface area contributed by atoms with Crippen LogP contribution in [-0.2, 0) is 0 Å². The van der Waals surface area contributed by atoms with Crippen LogP contribution in [0, 0.1) is 0 Å². The van der Waals surface area contributed by atoms with E-state index in [2.05, 4.69) is 24.4 Å². The van der Waals surface area contributed by atoms with Gasteiger partial charge in [0.15, 0.2) is 0 Å². The van der Waals surface area contributed by atoms with E-state index < -0.39 is 0 Å². The van der Waals surface area contributed by atoms with E-state index in [9.17, 15) is 0 Å². The molecule has 2 heterocycles. The Morgan fingerprint density at radius 1 is 1.44 bits per heavy atom. The molecule has 1 fully saturated rings. The van der Waals surface area contributed by atoms with Crippen LogP contribution >= 0.6 is 11.8 Å². The number of thioether (sulfide) groups is 1. The molecule has 3 heteroatoms. The van der Waals surface area contributed by atoms with Crippen LogP contribution < -0.4 is 5.32 Å². The van der Waals surface area contributed by atoms with Crippen molar-refractivity contribution in [3.63, 3.8) is 0 Å². The van der Waals surface area contributed by atoms with Crippen molar-refractivity contribution in [2.75, 3.05) is 5.75 Å². The van der Waals surface area contributed by atoms with E-state index >= 15 is 0 Å². The van der Waals surface area contributed by atoms with E-state index in [-0.39, 0.29) is 0 Å². The van der Waals surface area contributed by atoms with Gasteiger partial charge in [0.25, 0.3) is 0 Å². The summed E-state index contributed by atoms with van der Waals surface area (Å²) in [6.07, 6.45) is 1.18. The van der Waals surface area contributed by atoms with Crippen LogP contribution in [0.1, 0.15) is 24.5 Å². The van der Waals surface area contributed by atoms with Crippen molar-refractivity contribution in [2.24, 2.45) is 0 Å². The Morgan fingerprint density at radius 2 is 2.31 bits per heavy atom. The van der Waals surface area contributed by atoms with Gasteiger partial charge in [-0.05, 0) is 18.6 Å². The summed E-state index contributed by atoms with van der Waals surface area (Å²) in [5.41, 5.74) is 0.986. The number of hydrogen-bond acceptors (Lipinski definition) is 3.